The average Bonchev–Trinajstić information content (AvgIpc) is 2.19. The van der Waals surface area contributed by atoms with Gasteiger partial charge in [0.1, 0.15) is 5.82 Å². The summed E-state index contributed by atoms with van der Waals surface area (Å²) < 4.78 is 74.8. The van der Waals surface area contributed by atoms with E-state index in [4.69, 9.17) is 0 Å². The second kappa shape index (κ2) is 5.46. The van der Waals surface area contributed by atoms with Crippen LogP contribution >= 0.6 is 0 Å². The van der Waals surface area contributed by atoms with Crippen LogP contribution in [-0.2, 0) is 12.6 Å². The lowest BCUT2D eigenvalue weighted by Gasteiger charge is -2.13. The second-order valence-electron chi connectivity index (χ2n) is 3.76. The molecule has 0 bridgehead atoms. The molecule has 1 rings (SSSR count). The number of aryl methyl sites for hydroxylation is 2. The minimum Gasteiger partial charge on any atom is -0.206 e. The maximum atomic E-state index is 13.6. The van der Waals surface area contributed by atoms with E-state index in [0.717, 1.165) is 13.0 Å². The molecule has 0 unspecified atom stereocenters. The van der Waals surface area contributed by atoms with E-state index in [1.54, 1.807) is 0 Å². The lowest BCUT2D eigenvalue weighted by Crippen LogP contribution is -2.12. The molecule has 0 fully saturated rings. The van der Waals surface area contributed by atoms with E-state index < -0.39 is 23.6 Å². The van der Waals surface area contributed by atoms with Crippen molar-refractivity contribution in [2.45, 2.75) is 25.9 Å². The average molecular weight is 268 g/mol. The van der Waals surface area contributed by atoms with Crippen LogP contribution in [0.15, 0.2) is 24.3 Å². The van der Waals surface area contributed by atoms with Crippen LogP contribution in [0, 0.1) is 12.7 Å². The number of halogens is 6. The van der Waals surface area contributed by atoms with E-state index in [-0.39, 0.29) is 24.0 Å². The summed E-state index contributed by atoms with van der Waals surface area (Å²) in [6.07, 6.45) is -6.58. The van der Waals surface area contributed by atoms with Gasteiger partial charge in [-0.05, 0) is 37.0 Å². The third-order valence-electron chi connectivity index (χ3n) is 2.43. The van der Waals surface area contributed by atoms with Crippen LogP contribution < -0.4 is 0 Å². The molecule has 0 amide bonds. The molecule has 0 spiro atoms. The lowest BCUT2D eigenvalue weighted by molar-refractivity contribution is -0.140. The number of alkyl halides is 3. The highest BCUT2D eigenvalue weighted by Crippen LogP contribution is 2.35. The molecule has 0 aliphatic rings. The fraction of sp³-hybridized carbons (Fsp3) is 0.333. The molecular formula is C12H10F6. The molecule has 1 aromatic carbocycles. The fourth-order valence-electron chi connectivity index (χ4n) is 1.59. The van der Waals surface area contributed by atoms with Crippen LogP contribution in [0.5, 0.6) is 0 Å². The predicted octanol–water partition coefficient (Wildman–Crippen LogP) is 4.87. The van der Waals surface area contributed by atoms with Crippen molar-refractivity contribution in [3.05, 3.63) is 46.8 Å². The van der Waals surface area contributed by atoms with E-state index in [2.05, 4.69) is 0 Å². The van der Waals surface area contributed by atoms with Crippen LogP contribution in [0.3, 0.4) is 0 Å². The molecule has 1 aromatic rings. The number of allylic oxidation sites excluding steroid dienone is 1. The Morgan fingerprint density at radius 1 is 1.22 bits per heavy atom. The molecule has 18 heavy (non-hydrogen) atoms. The molecule has 0 nitrogen and oxygen atoms in total. The largest absolute Gasteiger partial charge is 0.419 e. The highest BCUT2D eigenvalue weighted by Gasteiger charge is 2.36. The van der Waals surface area contributed by atoms with E-state index in [1.807, 2.05) is 0 Å². The van der Waals surface area contributed by atoms with Crippen molar-refractivity contribution < 1.29 is 26.3 Å². The smallest absolute Gasteiger partial charge is 0.206 e. The van der Waals surface area contributed by atoms with E-state index in [9.17, 15) is 26.3 Å². The monoisotopic (exact) mass is 268 g/mol. The first-order chi connectivity index (χ1) is 8.23. The topological polar surface area (TPSA) is 0 Å². The molecular weight excluding hydrogens is 258 g/mol. The van der Waals surface area contributed by atoms with Crippen LogP contribution in [0.25, 0.3) is 0 Å². The van der Waals surface area contributed by atoms with Crippen molar-refractivity contribution in [1.82, 2.24) is 0 Å². The summed E-state index contributed by atoms with van der Waals surface area (Å²) in [5.74, 6) is -1.38. The Kier molecular flexibility index (Phi) is 4.43. The van der Waals surface area contributed by atoms with E-state index in [0.29, 0.717) is 6.08 Å². The summed E-state index contributed by atoms with van der Waals surface area (Å²) in [7, 11) is 0. The Hall–Kier alpha value is -1.46. The highest BCUT2D eigenvalue weighted by atomic mass is 19.4. The summed E-state index contributed by atoms with van der Waals surface area (Å²) in [4.78, 5) is 0. The van der Waals surface area contributed by atoms with Crippen molar-refractivity contribution in [3.8, 4) is 0 Å². The van der Waals surface area contributed by atoms with Gasteiger partial charge in [-0.25, -0.2) is 4.39 Å². The Morgan fingerprint density at radius 2 is 1.83 bits per heavy atom. The molecule has 100 valence electrons. The zero-order valence-corrected chi connectivity index (χ0v) is 9.41. The van der Waals surface area contributed by atoms with Crippen molar-refractivity contribution >= 4 is 0 Å². The molecule has 0 aromatic heterocycles. The van der Waals surface area contributed by atoms with Crippen LogP contribution in [0.2, 0.25) is 0 Å². The van der Waals surface area contributed by atoms with Gasteiger partial charge in [0.25, 0.3) is 6.08 Å². The number of benzene rings is 1. The third-order valence-corrected chi connectivity index (χ3v) is 2.43. The van der Waals surface area contributed by atoms with Gasteiger partial charge in [-0.1, -0.05) is 12.1 Å². The summed E-state index contributed by atoms with van der Waals surface area (Å²) in [5, 5.41) is 0. The molecule has 0 N–H and O–H groups in total. The van der Waals surface area contributed by atoms with Crippen LogP contribution in [0.1, 0.15) is 23.1 Å². The third kappa shape index (κ3) is 3.51. The zero-order chi connectivity index (χ0) is 13.9. The van der Waals surface area contributed by atoms with Gasteiger partial charge in [0.05, 0.1) is 5.56 Å². The maximum absolute atomic E-state index is 13.6. The van der Waals surface area contributed by atoms with Gasteiger partial charge in [-0.2, -0.15) is 22.0 Å². The molecule has 0 saturated carbocycles. The van der Waals surface area contributed by atoms with Gasteiger partial charge in [-0.15, -0.1) is 0 Å². The summed E-state index contributed by atoms with van der Waals surface area (Å²) in [5.41, 5.74) is -1.77. The molecule has 0 aliphatic heterocycles. The standard InChI is InChI=1S/C12H10F6/c1-7-5-6-8(3-2-4-9(13)14)11(15)10(7)12(16,17)18/h4-6H,2-3H2,1H3. The first kappa shape index (κ1) is 14.6. The highest BCUT2D eigenvalue weighted by molar-refractivity contribution is 5.35. The van der Waals surface area contributed by atoms with Crippen molar-refractivity contribution in [2.24, 2.45) is 0 Å². The Bertz CT molecular complexity index is 454. The Balaban J connectivity index is 3.06. The summed E-state index contributed by atoms with van der Waals surface area (Å²) in [6, 6.07) is 2.32. The molecule has 0 heterocycles. The zero-order valence-electron chi connectivity index (χ0n) is 9.41. The fourth-order valence-corrected chi connectivity index (χ4v) is 1.59. The number of hydrogen-bond donors (Lipinski definition) is 0. The van der Waals surface area contributed by atoms with E-state index >= 15 is 0 Å². The molecule has 6 heteroatoms. The summed E-state index contributed by atoms with van der Waals surface area (Å²) >= 11 is 0. The lowest BCUT2D eigenvalue weighted by atomic mass is 10.0. The SMILES string of the molecule is Cc1ccc(CCC=C(F)F)c(F)c1C(F)(F)F. The molecule has 0 saturated heterocycles. The molecule has 0 atom stereocenters. The Labute approximate surface area is 99.9 Å². The second-order valence-corrected chi connectivity index (χ2v) is 3.76. The van der Waals surface area contributed by atoms with Crippen molar-refractivity contribution in [1.29, 1.82) is 0 Å². The minimum absolute atomic E-state index is 0.202. The Morgan fingerprint density at radius 3 is 2.33 bits per heavy atom. The van der Waals surface area contributed by atoms with Crippen LogP contribution in [-0.4, -0.2) is 0 Å². The number of rotatable bonds is 3. The normalized spacial score (nSPS) is 11.5. The van der Waals surface area contributed by atoms with Gasteiger partial charge in [0.15, 0.2) is 0 Å². The molecule has 0 radical (unpaired) electrons. The van der Waals surface area contributed by atoms with Gasteiger partial charge in [-0.3, -0.25) is 0 Å². The first-order valence-corrected chi connectivity index (χ1v) is 5.10. The van der Waals surface area contributed by atoms with Gasteiger partial charge < -0.3 is 0 Å². The number of hydrogen-bond acceptors (Lipinski definition) is 0. The van der Waals surface area contributed by atoms with Gasteiger partial charge in [0.2, 0.25) is 0 Å². The van der Waals surface area contributed by atoms with E-state index in [1.165, 1.54) is 6.07 Å². The predicted molar refractivity (Wildman–Crippen MR) is 54.8 cm³/mol. The van der Waals surface area contributed by atoms with Gasteiger partial charge in [0, 0.05) is 0 Å². The first-order valence-electron chi connectivity index (χ1n) is 5.10. The van der Waals surface area contributed by atoms with Crippen molar-refractivity contribution in [3.63, 3.8) is 0 Å². The quantitative estimate of drug-likeness (QED) is 0.686. The molecule has 0 aliphatic carbocycles. The summed E-state index contributed by atoms with van der Waals surface area (Å²) in [6.45, 7) is 1.15. The van der Waals surface area contributed by atoms with Crippen LogP contribution in [0.4, 0.5) is 26.3 Å². The minimum atomic E-state index is -4.79. The maximum Gasteiger partial charge on any atom is 0.419 e. The van der Waals surface area contributed by atoms with Gasteiger partial charge >= 0.3 is 6.18 Å². The van der Waals surface area contributed by atoms with Crippen molar-refractivity contribution in [2.75, 3.05) is 0 Å².